The summed E-state index contributed by atoms with van der Waals surface area (Å²) in [4.78, 5) is 25.0. The van der Waals surface area contributed by atoms with Crippen LogP contribution in [0, 0.1) is 5.92 Å². The van der Waals surface area contributed by atoms with E-state index in [0.717, 1.165) is 16.8 Å². The summed E-state index contributed by atoms with van der Waals surface area (Å²) < 4.78 is 0. The van der Waals surface area contributed by atoms with Crippen molar-refractivity contribution < 1.29 is 9.59 Å². The molecule has 0 aromatic heterocycles. The van der Waals surface area contributed by atoms with Crippen LogP contribution < -0.4 is 22.1 Å². The van der Waals surface area contributed by atoms with E-state index in [2.05, 4.69) is 24.5 Å². The summed E-state index contributed by atoms with van der Waals surface area (Å²) in [6.45, 7) is 7.78. The largest absolute Gasteiger partial charge is 0.397 e. The van der Waals surface area contributed by atoms with Crippen LogP contribution in [0.25, 0.3) is 11.1 Å². The lowest BCUT2D eigenvalue weighted by Gasteiger charge is -2.15. The lowest BCUT2D eigenvalue weighted by Crippen LogP contribution is -2.15. The Bertz CT molecular complexity index is 1150. The smallest absolute Gasteiger partial charge is 0.255 e. The molecule has 1 amide bonds. The van der Waals surface area contributed by atoms with Gasteiger partial charge in [0.15, 0.2) is 5.78 Å². The minimum atomic E-state index is -0.323. The van der Waals surface area contributed by atoms with Crippen LogP contribution in [0.1, 0.15) is 48.4 Å². The summed E-state index contributed by atoms with van der Waals surface area (Å²) in [5.74, 6) is -0.464. The molecule has 3 aromatic rings. The number of anilines is 4. The van der Waals surface area contributed by atoms with Crippen molar-refractivity contribution in [3.05, 3.63) is 71.8 Å². The maximum absolute atomic E-state index is 12.7. The molecule has 0 fully saturated rings. The van der Waals surface area contributed by atoms with Crippen LogP contribution in [0.15, 0.2) is 60.7 Å². The topological polar surface area (TPSA) is 110 Å². The molecule has 0 spiro atoms. The second-order valence-corrected chi connectivity index (χ2v) is 8.46. The van der Waals surface area contributed by atoms with Gasteiger partial charge < -0.3 is 22.1 Å². The normalized spacial score (nSPS) is 10.9. The third-order valence-corrected chi connectivity index (χ3v) is 5.06. The Morgan fingerprint density at radius 1 is 0.750 bits per heavy atom. The van der Waals surface area contributed by atoms with Gasteiger partial charge in [-0.3, -0.25) is 9.59 Å². The molecular weight excluding hydrogens is 400 g/mol. The van der Waals surface area contributed by atoms with E-state index in [0.29, 0.717) is 28.2 Å². The van der Waals surface area contributed by atoms with E-state index in [9.17, 15) is 9.59 Å². The summed E-state index contributed by atoms with van der Waals surface area (Å²) in [5, 5.41) is 6.14. The van der Waals surface area contributed by atoms with Crippen LogP contribution in [-0.4, -0.2) is 17.7 Å². The van der Waals surface area contributed by atoms with E-state index in [1.165, 1.54) is 0 Å². The number of hydrogen-bond donors (Lipinski definition) is 4. The number of nitrogens with two attached hydrogens (primary N) is 2. The Hall–Kier alpha value is -3.80. The van der Waals surface area contributed by atoms with Gasteiger partial charge in [-0.05, 0) is 61.4 Å². The molecule has 0 radical (unpaired) electrons. The van der Waals surface area contributed by atoms with Crippen molar-refractivity contribution in [2.24, 2.45) is 5.92 Å². The summed E-state index contributed by atoms with van der Waals surface area (Å²) >= 11 is 0. The first-order valence-corrected chi connectivity index (χ1v) is 10.7. The predicted molar refractivity (Wildman–Crippen MR) is 133 cm³/mol. The van der Waals surface area contributed by atoms with Gasteiger partial charge in [0.25, 0.3) is 5.91 Å². The first kappa shape index (κ1) is 22.9. The summed E-state index contributed by atoms with van der Waals surface area (Å²) in [5.41, 5.74) is 17.6. The average Bonchev–Trinajstić information content (AvgIpc) is 2.75. The van der Waals surface area contributed by atoms with Gasteiger partial charge >= 0.3 is 0 Å². The Balaban J connectivity index is 1.79. The number of rotatable bonds is 7. The molecule has 0 heterocycles. The molecule has 0 unspecified atom stereocenters. The van der Waals surface area contributed by atoms with E-state index in [-0.39, 0.29) is 23.7 Å². The number of nitrogen functional groups attached to an aromatic ring is 2. The molecule has 0 saturated heterocycles. The van der Waals surface area contributed by atoms with Crippen molar-refractivity contribution >= 4 is 34.4 Å². The van der Waals surface area contributed by atoms with Gasteiger partial charge in [-0.25, -0.2) is 0 Å². The third kappa shape index (κ3) is 5.27. The monoisotopic (exact) mass is 430 g/mol. The highest BCUT2D eigenvalue weighted by Gasteiger charge is 2.14. The molecule has 0 atom stereocenters. The van der Waals surface area contributed by atoms with Crippen molar-refractivity contribution in [1.82, 2.24) is 0 Å². The zero-order valence-corrected chi connectivity index (χ0v) is 18.9. The predicted octanol–water partition coefficient (Wildman–Crippen LogP) is 5.43. The van der Waals surface area contributed by atoms with E-state index < -0.39 is 0 Å². The number of carbonyl (C=O) groups is 2. The second kappa shape index (κ2) is 9.56. The van der Waals surface area contributed by atoms with Crippen molar-refractivity contribution in [2.75, 3.05) is 22.1 Å². The Morgan fingerprint density at radius 3 is 1.84 bits per heavy atom. The van der Waals surface area contributed by atoms with Gasteiger partial charge in [-0.2, -0.15) is 0 Å². The van der Waals surface area contributed by atoms with E-state index in [1.807, 2.05) is 38.1 Å². The SMILES string of the molecule is CC(C)Nc1ccc(-c2ccc(NC(=O)c3cccc(C(=O)C(C)C)c3)c(N)c2)cc1N. The molecule has 0 aliphatic rings. The highest BCUT2D eigenvalue weighted by atomic mass is 16.1. The Kier molecular flexibility index (Phi) is 6.83. The lowest BCUT2D eigenvalue weighted by atomic mass is 9.99. The third-order valence-electron chi connectivity index (χ3n) is 5.06. The molecule has 0 aliphatic heterocycles. The van der Waals surface area contributed by atoms with Crippen LogP contribution in [-0.2, 0) is 0 Å². The zero-order chi connectivity index (χ0) is 23.4. The highest BCUT2D eigenvalue weighted by Crippen LogP contribution is 2.31. The number of amides is 1. The second-order valence-electron chi connectivity index (χ2n) is 8.46. The molecule has 6 heteroatoms. The maximum Gasteiger partial charge on any atom is 0.255 e. The maximum atomic E-state index is 12.7. The summed E-state index contributed by atoms with van der Waals surface area (Å²) in [7, 11) is 0. The van der Waals surface area contributed by atoms with Crippen LogP contribution in [0.3, 0.4) is 0 Å². The molecule has 3 rings (SSSR count). The molecule has 6 nitrogen and oxygen atoms in total. The molecule has 0 aliphatic carbocycles. The number of nitrogens with one attached hydrogen (secondary N) is 2. The first-order valence-electron chi connectivity index (χ1n) is 10.7. The number of hydrogen-bond acceptors (Lipinski definition) is 5. The Labute approximate surface area is 189 Å². The Morgan fingerprint density at radius 2 is 1.31 bits per heavy atom. The first-order chi connectivity index (χ1) is 15.2. The van der Waals surface area contributed by atoms with E-state index in [4.69, 9.17) is 11.5 Å². The summed E-state index contributed by atoms with van der Waals surface area (Å²) in [6, 6.07) is 18.3. The molecule has 0 bridgehead atoms. The number of benzene rings is 3. The average molecular weight is 431 g/mol. The van der Waals surface area contributed by atoms with Gasteiger partial charge in [0.1, 0.15) is 0 Å². The molecule has 166 valence electrons. The standard InChI is InChI=1S/C26H30N4O2/c1-15(2)25(31)19-6-5-7-20(12-19)26(32)30-24-11-9-18(14-22(24)28)17-8-10-23(21(27)13-17)29-16(3)4/h5-16,29H,27-28H2,1-4H3,(H,30,32). The van der Waals surface area contributed by atoms with Crippen molar-refractivity contribution in [1.29, 1.82) is 0 Å². The number of carbonyl (C=O) groups excluding carboxylic acids is 2. The quantitative estimate of drug-likeness (QED) is 0.295. The van der Waals surface area contributed by atoms with E-state index >= 15 is 0 Å². The van der Waals surface area contributed by atoms with Crippen LogP contribution in [0.2, 0.25) is 0 Å². The fraction of sp³-hybridized carbons (Fsp3) is 0.231. The molecular formula is C26H30N4O2. The molecule has 0 saturated carbocycles. The fourth-order valence-corrected chi connectivity index (χ4v) is 3.38. The number of Topliss-reactive ketones (excluding diaryl/α,β-unsaturated/α-hetero) is 1. The highest BCUT2D eigenvalue weighted by molar-refractivity contribution is 6.08. The molecule has 32 heavy (non-hydrogen) atoms. The minimum Gasteiger partial charge on any atom is -0.397 e. The van der Waals surface area contributed by atoms with Gasteiger partial charge in [-0.15, -0.1) is 0 Å². The molecule has 3 aromatic carbocycles. The minimum absolute atomic E-state index is 0.00241. The van der Waals surface area contributed by atoms with E-state index in [1.54, 1.807) is 36.4 Å². The van der Waals surface area contributed by atoms with Crippen LogP contribution in [0.5, 0.6) is 0 Å². The van der Waals surface area contributed by atoms with Crippen molar-refractivity contribution in [2.45, 2.75) is 33.7 Å². The molecule has 6 N–H and O–H groups in total. The van der Waals surface area contributed by atoms with Gasteiger partial charge in [-0.1, -0.05) is 38.1 Å². The van der Waals surface area contributed by atoms with Gasteiger partial charge in [0.2, 0.25) is 0 Å². The van der Waals surface area contributed by atoms with Gasteiger partial charge in [0, 0.05) is 23.1 Å². The lowest BCUT2D eigenvalue weighted by molar-refractivity contribution is 0.0939. The van der Waals surface area contributed by atoms with Crippen LogP contribution in [0.4, 0.5) is 22.7 Å². The van der Waals surface area contributed by atoms with Gasteiger partial charge in [0.05, 0.1) is 22.7 Å². The fourth-order valence-electron chi connectivity index (χ4n) is 3.38. The van der Waals surface area contributed by atoms with Crippen molar-refractivity contribution in [3.8, 4) is 11.1 Å². The van der Waals surface area contributed by atoms with Crippen LogP contribution >= 0.6 is 0 Å². The van der Waals surface area contributed by atoms with Crippen molar-refractivity contribution in [3.63, 3.8) is 0 Å². The zero-order valence-electron chi connectivity index (χ0n) is 18.9. The summed E-state index contributed by atoms with van der Waals surface area (Å²) in [6.07, 6.45) is 0. The number of ketones is 1.